The third-order valence-electron chi connectivity index (χ3n) is 2.65. The van der Waals surface area contributed by atoms with Crippen molar-refractivity contribution in [1.82, 2.24) is 14.5 Å². The lowest BCUT2D eigenvalue weighted by atomic mass is 10.3. The van der Waals surface area contributed by atoms with Gasteiger partial charge in [-0.1, -0.05) is 6.92 Å². The molecule has 100 valence electrons. The Hall–Kier alpha value is -1.85. The SMILES string of the molecule is CCC(=O)N(CCCn1ccnc1)CCC(=O)O. The van der Waals surface area contributed by atoms with Crippen molar-refractivity contribution in [3.8, 4) is 0 Å². The van der Waals surface area contributed by atoms with Gasteiger partial charge in [0.1, 0.15) is 0 Å². The van der Waals surface area contributed by atoms with Gasteiger partial charge in [0.2, 0.25) is 5.91 Å². The zero-order chi connectivity index (χ0) is 13.4. The number of rotatable bonds is 8. The summed E-state index contributed by atoms with van der Waals surface area (Å²) in [6, 6.07) is 0. The zero-order valence-corrected chi connectivity index (χ0v) is 10.6. The molecule has 0 spiro atoms. The van der Waals surface area contributed by atoms with Crippen LogP contribution in [0.2, 0.25) is 0 Å². The summed E-state index contributed by atoms with van der Waals surface area (Å²) >= 11 is 0. The number of hydrogen-bond donors (Lipinski definition) is 1. The van der Waals surface area contributed by atoms with Crippen LogP contribution in [0.3, 0.4) is 0 Å². The highest BCUT2D eigenvalue weighted by molar-refractivity contribution is 5.76. The van der Waals surface area contributed by atoms with Crippen LogP contribution < -0.4 is 0 Å². The lowest BCUT2D eigenvalue weighted by Gasteiger charge is -2.21. The van der Waals surface area contributed by atoms with Gasteiger partial charge in [0.15, 0.2) is 0 Å². The number of imidazole rings is 1. The van der Waals surface area contributed by atoms with E-state index < -0.39 is 5.97 Å². The Bertz CT molecular complexity index is 376. The average molecular weight is 253 g/mol. The van der Waals surface area contributed by atoms with Gasteiger partial charge in [-0.3, -0.25) is 9.59 Å². The van der Waals surface area contributed by atoms with Gasteiger partial charge in [-0.05, 0) is 6.42 Å². The van der Waals surface area contributed by atoms with Gasteiger partial charge in [0, 0.05) is 38.4 Å². The maximum Gasteiger partial charge on any atom is 0.305 e. The van der Waals surface area contributed by atoms with Crippen LogP contribution in [0.4, 0.5) is 0 Å². The Morgan fingerprint density at radius 1 is 1.39 bits per heavy atom. The van der Waals surface area contributed by atoms with Crippen molar-refractivity contribution in [2.75, 3.05) is 13.1 Å². The standard InChI is InChI=1S/C12H19N3O3/c1-2-11(16)15(8-4-12(17)18)7-3-6-14-9-5-13-10-14/h5,9-10H,2-4,6-8H2,1H3,(H,17,18). The van der Waals surface area contributed by atoms with Gasteiger partial charge >= 0.3 is 5.97 Å². The molecule has 0 aliphatic carbocycles. The molecule has 0 atom stereocenters. The highest BCUT2D eigenvalue weighted by Gasteiger charge is 2.12. The average Bonchev–Trinajstić information content (AvgIpc) is 2.85. The Kier molecular flexibility index (Phi) is 5.90. The smallest absolute Gasteiger partial charge is 0.305 e. The first-order chi connectivity index (χ1) is 8.63. The van der Waals surface area contributed by atoms with Crippen molar-refractivity contribution in [2.45, 2.75) is 32.7 Å². The molecule has 0 fully saturated rings. The van der Waals surface area contributed by atoms with Gasteiger partial charge < -0.3 is 14.6 Å². The van der Waals surface area contributed by atoms with Crippen LogP contribution in [0.25, 0.3) is 0 Å². The first kappa shape index (κ1) is 14.2. The number of aryl methyl sites for hydroxylation is 1. The van der Waals surface area contributed by atoms with E-state index in [2.05, 4.69) is 4.98 Å². The zero-order valence-electron chi connectivity index (χ0n) is 10.6. The van der Waals surface area contributed by atoms with Crippen molar-refractivity contribution in [3.05, 3.63) is 18.7 Å². The normalized spacial score (nSPS) is 10.3. The molecule has 0 unspecified atom stereocenters. The first-order valence-corrected chi connectivity index (χ1v) is 6.08. The van der Waals surface area contributed by atoms with Crippen molar-refractivity contribution < 1.29 is 14.7 Å². The number of carboxylic acid groups (broad SMARTS) is 1. The first-order valence-electron chi connectivity index (χ1n) is 6.08. The van der Waals surface area contributed by atoms with Crippen LogP contribution >= 0.6 is 0 Å². The predicted octanol–water partition coefficient (Wildman–Crippen LogP) is 0.986. The maximum absolute atomic E-state index is 11.6. The molecule has 6 nitrogen and oxygen atoms in total. The molecule has 0 aliphatic heterocycles. The summed E-state index contributed by atoms with van der Waals surface area (Å²) in [5, 5.41) is 8.64. The predicted molar refractivity (Wildman–Crippen MR) is 66.0 cm³/mol. The molecule has 1 aromatic heterocycles. The van der Waals surface area contributed by atoms with E-state index in [-0.39, 0.29) is 18.9 Å². The monoisotopic (exact) mass is 253 g/mol. The Labute approximate surface area is 106 Å². The number of carbonyl (C=O) groups is 2. The highest BCUT2D eigenvalue weighted by atomic mass is 16.4. The summed E-state index contributed by atoms with van der Waals surface area (Å²) < 4.78 is 1.94. The van der Waals surface area contributed by atoms with E-state index in [1.807, 2.05) is 10.8 Å². The fourth-order valence-electron chi connectivity index (χ4n) is 1.68. The molecule has 1 rings (SSSR count). The molecule has 0 bridgehead atoms. The van der Waals surface area contributed by atoms with E-state index in [0.29, 0.717) is 13.0 Å². The largest absolute Gasteiger partial charge is 0.481 e. The van der Waals surface area contributed by atoms with Crippen LogP contribution in [-0.2, 0) is 16.1 Å². The van der Waals surface area contributed by atoms with Crippen LogP contribution in [0.15, 0.2) is 18.7 Å². The van der Waals surface area contributed by atoms with Crippen molar-refractivity contribution in [3.63, 3.8) is 0 Å². The topological polar surface area (TPSA) is 75.4 Å². The van der Waals surface area contributed by atoms with Gasteiger partial charge in [-0.2, -0.15) is 0 Å². The van der Waals surface area contributed by atoms with Gasteiger partial charge in [0.05, 0.1) is 12.7 Å². The summed E-state index contributed by atoms with van der Waals surface area (Å²) in [5.41, 5.74) is 0. The third-order valence-corrected chi connectivity index (χ3v) is 2.65. The Morgan fingerprint density at radius 2 is 2.17 bits per heavy atom. The second kappa shape index (κ2) is 7.47. The number of aliphatic carboxylic acids is 1. The summed E-state index contributed by atoms with van der Waals surface area (Å²) in [7, 11) is 0. The van der Waals surface area contributed by atoms with Crippen LogP contribution in [-0.4, -0.2) is 44.5 Å². The lowest BCUT2D eigenvalue weighted by molar-refractivity contribution is -0.138. The Balaban J connectivity index is 2.35. The lowest BCUT2D eigenvalue weighted by Crippen LogP contribution is -2.33. The maximum atomic E-state index is 11.6. The molecule has 0 saturated heterocycles. The minimum absolute atomic E-state index is 0.00174. The van der Waals surface area contributed by atoms with Crippen molar-refractivity contribution in [1.29, 1.82) is 0 Å². The minimum atomic E-state index is -0.876. The molecular weight excluding hydrogens is 234 g/mol. The summed E-state index contributed by atoms with van der Waals surface area (Å²) in [6.45, 7) is 3.43. The highest BCUT2D eigenvalue weighted by Crippen LogP contribution is 2.00. The van der Waals surface area contributed by atoms with E-state index in [4.69, 9.17) is 5.11 Å². The van der Waals surface area contributed by atoms with Crippen LogP contribution in [0.5, 0.6) is 0 Å². The molecule has 1 amide bonds. The number of nitrogens with zero attached hydrogens (tertiary/aromatic N) is 3. The number of carbonyl (C=O) groups excluding carboxylic acids is 1. The minimum Gasteiger partial charge on any atom is -0.481 e. The van der Waals surface area contributed by atoms with E-state index >= 15 is 0 Å². The van der Waals surface area contributed by atoms with Crippen molar-refractivity contribution in [2.24, 2.45) is 0 Å². The van der Waals surface area contributed by atoms with E-state index in [9.17, 15) is 9.59 Å². The van der Waals surface area contributed by atoms with Gasteiger partial charge in [-0.25, -0.2) is 4.98 Å². The molecule has 18 heavy (non-hydrogen) atoms. The molecule has 1 aromatic rings. The van der Waals surface area contributed by atoms with Crippen LogP contribution in [0, 0.1) is 0 Å². The number of carboxylic acids is 1. The Morgan fingerprint density at radius 3 is 2.72 bits per heavy atom. The molecule has 0 saturated carbocycles. The molecule has 0 aliphatic rings. The number of hydrogen-bond acceptors (Lipinski definition) is 3. The summed E-state index contributed by atoms with van der Waals surface area (Å²) in [6.07, 6.45) is 6.50. The fraction of sp³-hybridized carbons (Fsp3) is 0.583. The molecule has 1 N–H and O–H groups in total. The second-order valence-electron chi connectivity index (χ2n) is 4.03. The molecule has 0 aromatic carbocycles. The van der Waals surface area contributed by atoms with E-state index in [0.717, 1.165) is 13.0 Å². The van der Waals surface area contributed by atoms with Crippen LogP contribution in [0.1, 0.15) is 26.2 Å². The summed E-state index contributed by atoms with van der Waals surface area (Å²) in [4.78, 5) is 27.7. The number of amides is 1. The van der Waals surface area contributed by atoms with E-state index in [1.54, 1.807) is 24.3 Å². The second-order valence-corrected chi connectivity index (χ2v) is 4.03. The van der Waals surface area contributed by atoms with Gasteiger partial charge in [0.25, 0.3) is 0 Å². The number of aromatic nitrogens is 2. The molecular formula is C12H19N3O3. The fourth-order valence-corrected chi connectivity index (χ4v) is 1.68. The van der Waals surface area contributed by atoms with Gasteiger partial charge in [-0.15, -0.1) is 0 Å². The summed E-state index contributed by atoms with van der Waals surface area (Å²) in [5.74, 6) is -0.875. The van der Waals surface area contributed by atoms with Crippen molar-refractivity contribution >= 4 is 11.9 Å². The molecule has 0 radical (unpaired) electrons. The third kappa shape index (κ3) is 4.99. The van der Waals surface area contributed by atoms with E-state index in [1.165, 1.54) is 0 Å². The molecule has 1 heterocycles. The molecule has 6 heteroatoms. The quantitative estimate of drug-likeness (QED) is 0.749.